The van der Waals surface area contributed by atoms with Crippen molar-refractivity contribution in [3.8, 4) is 6.07 Å². The smallest absolute Gasteiger partial charge is 0.0991 e. The van der Waals surface area contributed by atoms with Gasteiger partial charge >= 0.3 is 0 Å². The third-order valence-electron chi connectivity index (χ3n) is 1.63. The van der Waals surface area contributed by atoms with Crippen molar-refractivity contribution in [1.82, 2.24) is 0 Å². The second-order valence-electron chi connectivity index (χ2n) is 2.61. The summed E-state index contributed by atoms with van der Waals surface area (Å²) in [5.74, 6) is 0. The van der Waals surface area contributed by atoms with Crippen LogP contribution in [0.1, 0.15) is 12.0 Å². The van der Waals surface area contributed by atoms with Gasteiger partial charge in [-0.25, -0.2) is 0 Å². The average molecular weight is 173 g/mol. The number of hydrogen-bond acceptors (Lipinski definition) is 3. The maximum absolute atomic E-state index is 8.54. The van der Waals surface area contributed by atoms with Crippen molar-refractivity contribution >= 4 is 11.9 Å². The first kappa shape index (κ1) is 9.27. The van der Waals surface area contributed by atoms with E-state index >= 15 is 0 Å². The van der Waals surface area contributed by atoms with Crippen molar-refractivity contribution in [2.24, 2.45) is 0 Å². The van der Waals surface area contributed by atoms with Gasteiger partial charge in [0.05, 0.1) is 11.6 Å². The number of nitrogens with zero attached hydrogens (tertiary/aromatic N) is 1. The predicted octanol–water partition coefficient (Wildman–Crippen LogP) is 2.01. The molecule has 0 heterocycles. The topological polar surface area (TPSA) is 59.7 Å². The van der Waals surface area contributed by atoms with E-state index in [-0.39, 0.29) is 0 Å². The standard InChI is InChI=1S/C10H11N3/c11-6-1-7-13-10-4-2-9(8-12)3-5-10/h2-6,11,13H,1,7H2. The molecule has 0 atom stereocenters. The van der Waals surface area contributed by atoms with E-state index in [2.05, 4.69) is 11.4 Å². The quantitative estimate of drug-likeness (QED) is 0.540. The van der Waals surface area contributed by atoms with Crippen molar-refractivity contribution in [3.63, 3.8) is 0 Å². The molecule has 0 aliphatic heterocycles. The molecule has 0 saturated heterocycles. The lowest BCUT2D eigenvalue weighted by Gasteiger charge is -2.02. The summed E-state index contributed by atoms with van der Waals surface area (Å²) in [6.07, 6.45) is 2.09. The molecule has 1 aromatic rings. The minimum absolute atomic E-state index is 0.664. The van der Waals surface area contributed by atoms with E-state index in [9.17, 15) is 0 Å². The molecule has 1 aromatic carbocycles. The predicted molar refractivity (Wildman–Crippen MR) is 53.0 cm³/mol. The van der Waals surface area contributed by atoms with Crippen LogP contribution < -0.4 is 5.32 Å². The summed E-state index contributed by atoms with van der Waals surface area (Å²) >= 11 is 0. The summed E-state index contributed by atoms with van der Waals surface area (Å²) in [5.41, 5.74) is 1.65. The van der Waals surface area contributed by atoms with Crippen LogP contribution in [0.4, 0.5) is 5.69 Å². The van der Waals surface area contributed by atoms with Crippen LogP contribution in [0.2, 0.25) is 0 Å². The van der Waals surface area contributed by atoms with Crippen LogP contribution in [-0.4, -0.2) is 12.8 Å². The summed E-state index contributed by atoms with van der Waals surface area (Å²) in [7, 11) is 0. The first-order chi connectivity index (χ1) is 6.36. The van der Waals surface area contributed by atoms with E-state index in [0.717, 1.165) is 18.7 Å². The number of rotatable bonds is 4. The fourth-order valence-corrected chi connectivity index (χ4v) is 0.951. The van der Waals surface area contributed by atoms with Gasteiger partial charge in [0.15, 0.2) is 0 Å². The fourth-order valence-electron chi connectivity index (χ4n) is 0.951. The van der Waals surface area contributed by atoms with Crippen LogP contribution in [0.3, 0.4) is 0 Å². The van der Waals surface area contributed by atoms with Gasteiger partial charge in [0.1, 0.15) is 0 Å². The molecule has 3 nitrogen and oxygen atoms in total. The highest BCUT2D eigenvalue weighted by Crippen LogP contribution is 2.07. The molecule has 0 aliphatic rings. The van der Waals surface area contributed by atoms with Gasteiger partial charge in [-0.15, -0.1) is 0 Å². The van der Waals surface area contributed by atoms with Gasteiger partial charge in [-0.2, -0.15) is 5.26 Å². The molecular weight excluding hydrogens is 162 g/mol. The van der Waals surface area contributed by atoms with E-state index in [4.69, 9.17) is 10.7 Å². The van der Waals surface area contributed by atoms with Crippen LogP contribution >= 0.6 is 0 Å². The molecule has 0 fully saturated rings. The van der Waals surface area contributed by atoms with Crippen molar-refractivity contribution < 1.29 is 0 Å². The Morgan fingerprint density at radius 2 is 2.08 bits per heavy atom. The van der Waals surface area contributed by atoms with Crippen molar-refractivity contribution in [2.45, 2.75) is 6.42 Å². The molecule has 66 valence electrons. The molecule has 0 saturated carbocycles. The molecule has 13 heavy (non-hydrogen) atoms. The van der Waals surface area contributed by atoms with Crippen LogP contribution in [0, 0.1) is 16.7 Å². The number of nitrogens with one attached hydrogen (secondary N) is 2. The fraction of sp³-hybridized carbons (Fsp3) is 0.200. The maximum atomic E-state index is 8.54. The molecule has 0 aromatic heterocycles. The minimum Gasteiger partial charge on any atom is -0.385 e. The maximum Gasteiger partial charge on any atom is 0.0991 e. The Bertz CT molecular complexity index is 308. The van der Waals surface area contributed by atoms with Gasteiger partial charge in [0.2, 0.25) is 0 Å². The molecule has 0 aliphatic carbocycles. The second kappa shape index (κ2) is 4.94. The highest BCUT2D eigenvalue weighted by atomic mass is 14.9. The average Bonchev–Trinajstić information content (AvgIpc) is 2.19. The van der Waals surface area contributed by atoms with Crippen molar-refractivity contribution in [1.29, 1.82) is 10.7 Å². The monoisotopic (exact) mass is 173 g/mol. The Morgan fingerprint density at radius 1 is 1.38 bits per heavy atom. The Hall–Kier alpha value is -1.82. The Labute approximate surface area is 77.5 Å². The SMILES string of the molecule is N#Cc1ccc(NCCC=N)cc1. The highest BCUT2D eigenvalue weighted by Gasteiger charge is 1.91. The summed E-state index contributed by atoms with van der Waals surface area (Å²) < 4.78 is 0. The molecule has 1 rings (SSSR count). The van der Waals surface area contributed by atoms with E-state index in [1.807, 2.05) is 12.1 Å². The first-order valence-corrected chi connectivity index (χ1v) is 4.10. The van der Waals surface area contributed by atoms with Crippen molar-refractivity contribution in [3.05, 3.63) is 29.8 Å². The molecule has 3 heteroatoms. The minimum atomic E-state index is 0.664. The number of nitriles is 1. The van der Waals surface area contributed by atoms with E-state index in [1.165, 1.54) is 6.21 Å². The Balaban J connectivity index is 2.50. The first-order valence-electron chi connectivity index (χ1n) is 4.10. The molecule has 0 amide bonds. The summed E-state index contributed by atoms with van der Waals surface area (Å²) in [5, 5.41) is 18.5. The third-order valence-corrected chi connectivity index (χ3v) is 1.63. The number of anilines is 1. The molecular formula is C10H11N3. The third kappa shape index (κ3) is 2.96. The van der Waals surface area contributed by atoms with Crippen LogP contribution in [-0.2, 0) is 0 Å². The van der Waals surface area contributed by atoms with Gasteiger partial charge < -0.3 is 10.7 Å². The van der Waals surface area contributed by atoms with Crippen LogP contribution in [0.15, 0.2) is 24.3 Å². The largest absolute Gasteiger partial charge is 0.385 e. The Kier molecular flexibility index (Phi) is 3.52. The van der Waals surface area contributed by atoms with Gasteiger partial charge in [-0.3, -0.25) is 0 Å². The number of benzene rings is 1. The summed E-state index contributed by atoms with van der Waals surface area (Å²) in [4.78, 5) is 0. The normalized spacial score (nSPS) is 8.85. The van der Waals surface area contributed by atoms with Gasteiger partial charge in [-0.1, -0.05) is 0 Å². The van der Waals surface area contributed by atoms with Gasteiger partial charge in [-0.05, 0) is 36.9 Å². The highest BCUT2D eigenvalue weighted by molar-refractivity contribution is 5.55. The molecule has 0 spiro atoms. The van der Waals surface area contributed by atoms with Crippen LogP contribution in [0.5, 0.6) is 0 Å². The summed E-state index contributed by atoms with van der Waals surface area (Å²) in [6.45, 7) is 0.759. The van der Waals surface area contributed by atoms with E-state index < -0.39 is 0 Å². The molecule has 0 radical (unpaired) electrons. The lowest BCUT2D eigenvalue weighted by Crippen LogP contribution is -2.01. The van der Waals surface area contributed by atoms with Crippen LogP contribution in [0.25, 0.3) is 0 Å². The lowest BCUT2D eigenvalue weighted by molar-refractivity contribution is 1.12. The van der Waals surface area contributed by atoms with Crippen molar-refractivity contribution in [2.75, 3.05) is 11.9 Å². The number of hydrogen-bond donors (Lipinski definition) is 2. The van der Waals surface area contributed by atoms with E-state index in [0.29, 0.717) is 5.56 Å². The molecule has 0 unspecified atom stereocenters. The molecule has 0 bridgehead atoms. The second-order valence-corrected chi connectivity index (χ2v) is 2.61. The zero-order valence-corrected chi connectivity index (χ0v) is 7.25. The summed E-state index contributed by atoms with van der Waals surface area (Å²) in [6, 6.07) is 9.33. The zero-order valence-electron chi connectivity index (χ0n) is 7.25. The molecule has 2 N–H and O–H groups in total. The van der Waals surface area contributed by atoms with E-state index in [1.54, 1.807) is 12.1 Å². The lowest BCUT2D eigenvalue weighted by atomic mass is 10.2. The zero-order chi connectivity index (χ0) is 9.52. The van der Waals surface area contributed by atoms with Gasteiger partial charge in [0, 0.05) is 12.2 Å². The van der Waals surface area contributed by atoms with Gasteiger partial charge in [0.25, 0.3) is 0 Å². The Morgan fingerprint density at radius 3 is 2.62 bits per heavy atom.